The van der Waals surface area contributed by atoms with Crippen LogP contribution >= 0.6 is 15.9 Å². The fourth-order valence-electron chi connectivity index (χ4n) is 2.22. The molecular formula is C17H19BrFNO. The molecule has 2 aromatic carbocycles. The van der Waals surface area contributed by atoms with Crippen molar-refractivity contribution in [1.82, 2.24) is 5.32 Å². The molecule has 1 unspecified atom stereocenters. The first-order valence-corrected chi connectivity index (χ1v) is 7.89. The van der Waals surface area contributed by atoms with Gasteiger partial charge in [0.2, 0.25) is 0 Å². The predicted molar refractivity (Wildman–Crippen MR) is 87.3 cm³/mol. The first-order valence-electron chi connectivity index (χ1n) is 7.10. The molecule has 0 radical (unpaired) electrons. The summed E-state index contributed by atoms with van der Waals surface area (Å²) in [7, 11) is 0. The van der Waals surface area contributed by atoms with Crippen molar-refractivity contribution in [3.8, 4) is 11.5 Å². The van der Waals surface area contributed by atoms with Crippen molar-refractivity contribution >= 4 is 15.9 Å². The molecule has 1 atom stereocenters. The zero-order chi connectivity index (χ0) is 15.2. The smallest absolute Gasteiger partial charge is 0.165 e. The molecule has 2 rings (SSSR count). The third-order valence-electron chi connectivity index (χ3n) is 3.24. The molecule has 0 aromatic heterocycles. The minimum atomic E-state index is -0.373. The van der Waals surface area contributed by atoms with Crippen LogP contribution in [-0.2, 0) is 0 Å². The van der Waals surface area contributed by atoms with Crippen molar-refractivity contribution < 1.29 is 9.13 Å². The number of benzene rings is 2. The Hall–Kier alpha value is -1.39. The van der Waals surface area contributed by atoms with Gasteiger partial charge < -0.3 is 10.1 Å². The van der Waals surface area contributed by atoms with Gasteiger partial charge in [-0.05, 0) is 48.9 Å². The molecule has 21 heavy (non-hydrogen) atoms. The number of halogens is 2. The maximum atomic E-state index is 13.7. The second-order valence-corrected chi connectivity index (χ2v) is 5.68. The van der Waals surface area contributed by atoms with Gasteiger partial charge in [0.25, 0.3) is 0 Å². The molecule has 4 heteroatoms. The standard InChI is InChI=1S/C17H19BrFNO/c1-3-16(20-4-2)12-6-5-7-14(10-12)21-17-11-13(18)8-9-15(17)19/h5-11,16,20H,3-4H2,1-2H3. The molecule has 0 bridgehead atoms. The summed E-state index contributed by atoms with van der Waals surface area (Å²) in [5.41, 5.74) is 1.15. The lowest BCUT2D eigenvalue weighted by Gasteiger charge is -2.17. The van der Waals surface area contributed by atoms with Crippen LogP contribution in [0.4, 0.5) is 4.39 Å². The Kier molecular flexibility index (Phi) is 5.76. The normalized spacial score (nSPS) is 12.2. The molecule has 0 aliphatic heterocycles. The zero-order valence-electron chi connectivity index (χ0n) is 12.2. The summed E-state index contributed by atoms with van der Waals surface area (Å²) in [6.07, 6.45) is 0.989. The Morgan fingerprint density at radius 1 is 1.19 bits per heavy atom. The van der Waals surface area contributed by atoms with E-state index in [0.29, 0.717) is 5.75 Å². The van der Waals surface area contributed by atoms with Gasteiger partial charge in [-0.15, -0.1) is 0 Å². The van der Waals surface area contributed by atoms with Gasteiger partial charge in [0.05, 0.1) is 0 Å². The number of nitrogens with one attached hydrogen (secondary N) is 1. The van der Waals surface area contributed by atoms with Gasteiger partial charge in [-0.2, -0.15) is 0 Å². The summed E-state index contributed by atoms with van der Waals surface area (Å²) >= 11 is 3.32. The highest BCUT2D eigenvalue weighted by Crippen LogP contribution is 2.29. The summed E-state index contributed by atoms with van der Waals surface area (Å²) < 4.78 is 20.2. The summed E-state index contributed by atoms with van der Waals surface area (Å²) in [6, 6.07) is 12.7. The first-order chi connectivity index (χ1) is 10.1. The van der Waals surface area contributed by atoms with Crippen LogP contribution in [0.15, 0.2) is 46.9 Å². The van der Waals surface area contributed by atoms with Crippen molar-refractivity contribution in [3.05, 3.63) is 58.3 Å². The van der Waals surface area contributed by atoms with Crippen LogP contribution in [0.2, 0.25) is 0 Å². The highest BCUT2D eigenvalue weighted by atomic mass is 79.9. The Balaban J connectivity index is 2.23. The second-order valence-electron chi connectivity index (χ2n) is 4.77. The largest absolute Gasteiger partial charge is 0.454 e. The van der Waals surface area contributed by atoms with Crippen molar-refractivity contribution in [2.24, 2.45) is 0 Å². The second kappa shape index (κ2) is 7.57. The molecule has 0 fully saturated rings. The predicted octanol–water partition coefficient (Wildman–Crippen LogP) is 5.44. The number of rotatable bonds is 6. The molecule has 0 heterocycles. The Morgan fingerprint density at radius 2 is 2.00 bits per heavy atom. The summed E-state index contributed by atoms with van der Waals surface area (Å²) in [5, 5.41) is 3.42. The molecule has 1 N–H and O–H groups in total. The molecule has 112 valence electrons. The molecule has 0 aliphatic rings. The third kappa shape index (κ3) is 4.29. The summed E-state index contributed by atoms with van der Waals surface area (Å²) in [6.45, 7) is 5.12. The van der Waals surface area contributed by atoms with E-state index in [1.165, 1.54) is 6.07 Å². The topological polar surface area (TPSA) is 21.3 Å². The fourth-order valence-corrected chi connectivity index (χ4v) is 2.56. The minimum absolute atomic E-state index is 0.220. The van der Waals surface area contributed by atoms with Gasteiger partial charge in [0.1, 0.15) is 5.75 Å². The molecule has 0 aliphatic carbocycles. The Morgan fingerprint density at radius 3 is 2.71 bits per heavy atom. The lowest BCUT2D eigenvalue weighted by Crippen LogP contribution is -2.19. The van der Waals surface area contributed by atoms with Crippen molar-refractivity contribution in [2.75, 3.05) is 6.54 Å². The summed E-state index contributed by atoms with van der Waals surface area (Å²) in [4.78, 5) is 0. The lowest BCUT2D eigenvalue weighted by molar-refractivity contribution is 0.439. The first kappa shape index (κ1) is 16.0. The van der Waals surface area contributed by atoms with Crippen LogP contribution in [0.25, 0.3) is 0 Å². The Labute approximate surface area is 133 Å². The van der Waals surface area contributed by atoms with Gasteiger partial charge in [-0.3, -0.25) is 0 Å². The molecule has 2 aromatic rings. The molecular weight excluding hydrogens is 333 g/mol. The highest BCUT2D eigenvalue weighted by Gasteiger charge is 2.10. The van der Waals surface area contributed by atoms with Crippen LogP contribution in [0.3, 0.4) is 0 Å². The van der Waals surface area contributed by atoms with Gasteiger partial charge >= 0.3 is 0 Å². The zero-order valence-corrected chi connectivity index (χ0v) is 13.8. The van der Waals surface area contributed by atoms with E-state index >= 15 is 0 Å². The van der Waals surface area contributed by atoms with Crippen molar-refractivity contribution in [2.45, 2.75) is 26.3 Å². The molecule has 2 nitrogen and oxygen atoms in total. The van der Waals surface area contributed by atoms with Crippen molar-refractivity contribution in [1.29, 1.82) is 0 Å². The van der Waals surface area contributed by atoms with Gasteiger partial charge in [-0.1, -0.05) is 41.9 Å². The number of ether oxygens (including phenoxy) is 1. The SMILES string of the molecule is CCNC(CC)c1cccc(Oc2cc(Br)ccc2F)c1. The number of hydrogen-bond donors (Lipinski definition) is 1. The molecule has 0 spiro atoms. The number of hydrogen-bond acceptors (Lipinski definition) is 2. The van der Waals surface area contributed by atoms with E-state index in [4.69, 9.17) is 4.74 Å². The van der Waals surface area contributed by atoms with Crippen molar-refractivity contribution in [3.63, 3.8) is 0 Å². The monoisotopic (exact) mass is 351 g/mol. The third-order valence-corrected chi connectivity index (χ3v) is 3.73. The van der Waals surface area contributed by atoms with E-state index < -0.39 is 0 Å². The quantitative estimate of drug-likeness (QED) is 0.747. The maximum Gasteiger partial charge on any atom is 0.165 e. The Bertz CT molecular complexity index is 603. The van der Waals surface area contributed by atoms with E-state index in [9.17, 15) is 4.39 Å². The van der Waals surface area contributed by atoms with E-state index in [0.717, 1.165) is 23.0 Å². The average Bonchev–Trinajstić information content (AvgIpc) is 2.49. The van der Waals surface area contributed by atoms with Crippen LogP contribution in [0.1, 0.15) is 31.9 Å². The fraction of sp³-hybridized carbons (Fsp3) is 0.294. The minimum Gasteiger partial charge on any atom is -0.454 e. The van der Waals surface area contributed by atoms with Crippen LogP contribution < -0.4 is 10.1 Å². The molecule has 0 amide bonds. The van der Waals surface area contributed by atoms with E-state index in [1.54, 1.807) is 12.1 Å². The van der Waals surface area contributed by atoms with Gasteiger partial charge in [-0.25, -0.2) is 4.39 Å². The van der Waals surface area contributed by atoms with Gasteiger partial charge in [0.15, 0.2) is 11.6 Å². The maximum absolute atomic E-state index is 13.7. The highest BCUT2D eigenvalue weighted by molar-refractivity contribution is 9.10. The molecule has 0 saturated heterocycles. The average molecular weight is 352 g/mol. The molecule has 0 saturated carbocycles. The lowest BCUT2D eigenvalue weighted by atomic mass is 10.0. The van der Waals surface area contributed by atoms with E-state index in [1.807, 2.05) is 18.2 Å². The van der Waals surface area contributed by atoms with E-state index in [2.05, 4.69) is 41.2 Å². The van der Waals surface area contributed by atoms with E-state index in [-0.39, 0.29) is 17.6 Å². The van der Waals surface area contributed by atoms with Gasteiger partial charge in [0, 0.05) is 10.5 Å². The van der Waals surface area contributed by atoms with Crippen LogP contribution in [0, 0.1) is 5.82 Å². The van der Waals surface area contributed by atoms with Crippen LogP contribution in [0.5, 0.6) is 11.5 Å². The summed E-state index contributed by atoms with van der Waals surface area (Å²) in [5.74, 6) is 0.487. The van der Waals surface area contributed by atoms with Crippen LogP contribution in [-0.4, -0.2) is 6.54 Å².